The van der Waals surface area contributed by atoms with Crippen molar-refractivity contribution in [3.05, 3.63) is 64.8 Å². The molecular weight excluding hydrogens is 453 g/mol. The molecule has 33 heavy (non-hydrogen) atoms. The van der Waals surface area contributed by atoms with Crippen LogP contribution in [0.4, 0.5) is 19.0 Å². The standard InChI is InChI=1S/C23H19F3N4O2S/c1-3-32-15-8-9-17-18(10-15)33-22(27-17)30-21-20(12(2)29-30)16(11-19(31)28-21)13-4-6-14(7-5-13)23(24,25)26/h4-10,16H,3,11H2,1-2H3,(H,28,31)/t16-/m1/s1. The molecule has 0 bridgehead atoms. The van der Waals surface area contributed by atoms with Crippen LogP contribution in [-0.2, 0) is 11.0 Å². The summed E-state index contributed by atoms with van der Waals surface area (Å²) in [5, 5.41) is 8.08. The fourth-order valence-corrected chi connectivity index (χ4v) is 5.07. The number of nitrogens with zero attached hydrogens (tertiary/aromatic N) is 3. The van der Waals surface area contributed by atoms with E-state index in [4.69, 9.17) is 4.74 Å². The number of halogens is 3. The lowest BCUT2D eigenvalue weighted by Crippen LogP contribution is -2.25. The van der Waals surface area contributed by atoms with Crippen LogP contribution >= 0.6 is 11.3 Å². The Kier molecular flexibility index (Phi) is 5.12. The number of benzene rings is 2. The molecule has 1 atom stereocenters. The van der Waals surface area contributed by atoms with Crippen LogP contribution in [0.15, 0.2) is 42.5 Å². The monoisotopic (exact) mass is 472 g/mol. The second kappa shape index (κ2) is 7.87. The Morgan fingerprint density at radius 2 is 1.97 bits per heavy atom. The first-order valence-corrected chi connectivity index (χ1v) is 11.2. The lowest BCUT2D eigenvalue weighted by Gasteiger charge is -2.24. The summed E-state index contributed by atoms with van der Waals surface area (Å²) >= 11 is 1.41. The SMILES string of the molecule is CCOc1ccc2nc(-n3nc(C)c4c3NC(=O)C[C@@H]4c3ccc(C(F)(F)F)cc3)sc2c1. The molecule has 0 radical (unpaired) electrons. The third-order valence-corrected chi connectivity index (χ3v) is 6.58. The summed E-state index contributed by atoms with van der Waals surface area (Å²) in [7, 11) is 0. The van der Waals surface area contributed by atoms with Crippen LogP contribution in [-0.4, -0.2) is 27.3 Å². The van der Waals surface area contributed by atoms with Crippen molar-refractivity contribution >= 4 is 33.3 Å². The Labute approximate surface area is 191 Å². The van der Waals surface area contributed by atoms with Gasteiger partial charge in [0.15, 0.2) is 0 Å². The molecule has 1 aliphatic rings. The first-order valence-electron chi connectivity index (χ1n) is 10.3. The first kappa shape index (κ1) is 21.4. The first-order chi connectivity index (χ1) is 15.7. The highest BCUT2D eigenvalue weighted by Crippen LogP contribution is 2.42. The quantitative estimate of drug-likeness (QED) is 0.415. The van der Waals surface area contributed by atoms with Crippen LogP contribution in [0.2, 0.25) is 0 Å². The lowest BCUT2D eigenvalue weighted by molar-refractivity contribution is -0.137. The van der Waals surface area contributed by atoms with Gasteiger partial charge in [-0.1, -0.05) is 23.5 Å². The Morgan fingerprint density at radius 3 is 2.67 bits per heavy atom. The molecule has 1 aliphatic heterocycles. The zero-order valence-corrected chi connectivity index (χ0v) is 18.5. The van der Waals surface area contributed by atoms with Gasteiger partial charge in [-0.3, -0.25) is 4.79 Å². The molecule has 5 rings (SSSR count). The third-order valence-electron chi connectivity index (χ3n) is 5.58. The van der Waals surface area contributed by atoms with Gasteiger partial charge in [-0.2, -0.15) is 23.0 Å². The largest absolute Gasteiger partial charge is 0.494 e. The molecule has 0 saturated heterocycles. The van der Waals surface area contributed by atoms with E-state index in [2.05, 4.69) is 15.4 Å². The predicted molar refractivity (Wildman–Crippen MR) is 119 cm³/mol. The van der Waals surface area contributed by atoms with Crippen LogP contribution in [0, 0.1) is 6.92 Å². The molecule has 3 heterocycles. The van der Waals surface area contributed by atoms with E-state index in [1.165, 1.54) is 23.5 Å². The fourth-order valence-electron chi connectivity index (χ4n) is 4.11. The molecule has 2 aromatic heterocycles. The van der Waals surface area contributed by atoms with Crippen molar-refractivity contribution in [2.24, 2.45) is 0 Å². The highest BCUT2D eigenvalue weighted by atomic mass is 32.1. The summed E-state index contributed by atoms with van der Waals surface area (Å²) in [6.07, 6.45) is -4.29. The molecule has 0 spiro atoms. The minimum atomic E-state index is -4.41. The van der Waals surface area contributed by atoms with Gasteiger partial charge < -0.3 is 10.1 Å². The molecule has 1 N–H and O–H groups in total. The zero-order chi connectivity index (χ0) is 23.3. The van der Waals surface area contributed by atoms with Gasteiger partial charge in [-0.15, -0.1) is 0 Å². The number of thiazole rings is 1. The van der Waals surface area contributed by atoms with E-state index >= 15 is 0 Å². The molecule has 0 fully saturated rings. The van der Waals surface area contributed by atoms with Crippen molar-refractivity contribution in [3.63, 3.8) is 0 Å². The Morgan fingerprint density at radius 1 is 1.21 bits per heavy atom. The van der Waals surface area contributed by atoms with Gasteiger partial charge >= 0.3 is 6.18 Å². The van der Waals surface area contributed by atoms with Crippen molar-refractivity contribution in [3.8, 4) is 10.9 Å². The second-order valence-corrected chi connectivity index (χ2v) is 8.75. The summed E-state index contributed by atoms with van der Waals surface area (Å²) in [6, 6.07) is 10.6. The average Bonchev–Trinajstić information content (AvgIpc) is 3.33. The second-order valence-electron chi connectivity index (χ2n) is 7.74. The number of amides is 1. The topological polar surface area (TPSA) is 69.0 Å². The van der Waals surface area contributed by atoms with Crippen molar-refractivity contribution in [2.75, 3.05) is 11.9 Å². The summed E-state index contributed by atoms with van der Waals surface area (Å²) < 4.78 is 47.0. The van der Waals surface area contributed by atoms with Gasteiger partial charge in [-0.05, 0) is 49.7 Å². The van der Waals surface area contributed by atoms with E-state index in [-0.39, 0.29) is 12.3 Å². The number of aryl methyl sites for hydroxylation is 1. The van der Waals surface area contributed by atoms with E-state index in [1.54, 1.807) is 4.68 Å². The zero-order valence-electron chi connectivity index (χ0n) is 17.7. The maximum atomic E-state index is 13.0. The van der Waals surface area contributed by atoms with Gasteiger partial charge in [-0.25, -0.2) is 4.98 Å². The number of rotatable bonds is 4. The number of anilines is 1. The molecule has 4 aromatic rings. The van der Waals surface area contributed by atoms with Crippen molar-refractivity contribution in [2.45, 2.75) is 32.4 Å². The van der Waals surface area contributed by atoms with Crippen LogP contribution in [0.5, 0.6) is 5.75 Å². The van der Waals surface area contributed by atoms with Gasteiger partial charge in [0, 0.05) is 17.9 Å². The Balaban J connectivity index is 1.57. The lowest BCUT2D eigenvalue weighted by atomic mass is 9.85. The predicted octanol–water partition coefficient (Wildman–Crippen LogP) is 5.68. The molecule has 0 aliphatic carbocycles. The minimum absolute atomic E-state index is 0.127. The number of carbonyl (C=O) groups excluding carboxylic acids is 1. The third kappa shape index (κ3) is 3.84. The normalized spacial score (nSPS) is 16.0. The van der Waals surface area contributed by atoms with E-state index in [1.807, 2.05) is 32.0 Å². The minimum Gasteiger partial charge on any atom is -0.494 e. The molecular formula is C23H19F3N4O2S. The molecule has 6 nitrogen and oxygen atoms in total. The van der Waals surface area contributed by atoms with Crippen LogP contribution in [0.25, 0.3) is 15.3 Å². The van der Waals surface area contributed by atoms with Crippen LogP contribution < -0.4 is 10.1 Å². The fraction of sp³-hybridized carbons (Fsp3) is 0.261. The van der Waals surface area contributed by atoms with Crippen molar-refractivity contribution < 1.29 is 22.7 Å². The summed E-state index contributed by atoms with van der Waals surface area (Å²) in [5.74, 6) is 0.615. The van der Waals surface area contributed by atoms with E-state index in [0.29, 0.717) is 28.8 Å². The Hall–Kier alpha value is -3.40. The summed E-state index contributed by atoms with van der Waals surface area (Å²) in [4.78, 5) is 17.2. The van der Waals surface area contributed by atoms with E-state index in [9.17, 15) is 18.0 Å². The molecule has 10 heteroatoms. The van der Waals surface area contributed by atoms with E-state index < -0.39 is 17.7 Å². The molecule has 2 aromatic carbocycles. The number of hydrogen-bond donors (Lipinski definition) is 1. The van der Waals surface area contributed by atoms with Gasteiger partial charge in [0.2, 0.25) is 11.0 Å². The number of nitrogens with one attached hydrogen (secondary N) is 1. The van der Waals surface area contributed by atoms with Crippen LogP contribution in [0.1, 0.15) is 41.6 Å². The maximum Gasteiger partial charge on any atom is 0.416 e. The van der Waals surface area contributed by atoms with Gasteiger partial charge in [0.25, 0.3) is 0 Å². The number of alkyl halides is 3. The van der Waals surface area contributed by atoms with Gasteiger partial charge in [0.05, 0.1) is 28.1 Å². The molecule has 0 unspecified atom stereocenters. The summed E-state index contributed by atoms with van der Waals surface area (Å²) in [5.41, 5.74) is 2.15. The number of aromatic nitrogens is 3. The summed E-state index contributed by atoms with van der Waals surface area (Å²) in [6.45, 7) is 4.29. The average molecular weight is 472 g/mol. The van der Waals surface area contributed by atoms with Crippen LogP contribution in [0.3, 0.4) is 0 Å². The highest BCUT2D eigenvalue weighted by Gasteiger charge is 2.35. The van der Waals surface area contributed by atoms with Crippen molar-refractivity contribution in [1.29, 1.82) is 0 Å². The number of hydrogen-bond acceptors (Lipinski definition) is 5. The maximum absolute atomic E-state index is 13.0. The Bertz CT molecular complexity index is 1360. The van der Waals surface area contributed by atoms with Crippen molar-refractivity contribution in [1.82, 2.24) is 14.8 Å². The highest BCUT2D eigenvalue weighted by molar-refractivity contribution is 7.20. The van der Waals surface area contributed by atoms with Gasteiger partial charge in [0.1, 0.15) is 11.6 Å². The van der Waals surface area contributed by atoms with E-state index in [0.717, 1.165) is 33.7 Å². The number of ether oxygens (including phenoxy) is 1. The molecule has 1 amide bonds. The molecule has 0 saturated carbocycles. The number of fused-ring (bicyclic) bond motifs is 2. The number of carbonyl (C=O) groups is 1. The smallest absolute Gasteiger partial charge is 0.416 e. The molecule has 170 valence electrons.